The van der Waals surface area contributed by atoms with Gasteiger partial charge in [-0.15, -0.1) is 0 Å². The van der Waals surface area contributed by atoms with Gasteiger partial charge in [-0.3, -0.25) is 19.2 Å². The number of phenols is 1. The van der Waals surface area contributed by atoms with E-state index in [4.69, 9.17) is 11.5 Å². The predicted molar refractivity (Wildman–Crippen MR) is 116 cm³/mol. The van der Waals surface area contributed by atoms with Crippen molar-refractivity contribution < 1.29 is 34.2 Å². The van der Waals surface area contributed by atoms with Gasteiger partial charge in [0.15, 0.2) is 0 Å². The molecule has 1 saturated heterocycles. The third kappa shape index (κ3) is 7.75. The lowest BCUT2D eigenvalue weighted by atomic mass is 10.1. The van der Waals surface area contributed by atoms with Gasteiger partial charge in [-0.2, -0.15) is 0 Å². The van der Waals surface area contributed by atoms with Gasteiger partial charge in [0.25, 0.3) is 0 Å². The second-order valence-corrected chi connectivity index (χ2v) is 7.85. The highest BCUT2D eigenvalue weighted by molar-refractivity contribution is 5.93. The van der Waals surface area contributed by atoms with E-state index in [9.17, 15) is 34.2 Å². The van der Waals surface area contributed by atoms with E-state index < -0.39 is 54.3 Å². The van der Waals surface area contributed by atoms with Crippen molar-refractivity contribution in [3.8, 4) is 5.75 Å². The highest BCUT2D eigenvalue weighted by Gasteiger charge is 2.37. The average Bonchev–Trinajstić information content (AvgIpc) is 3.26. The first-order chi connectivity index (χ1) is 15.6. The predicted octanol–water partition coefficient (Wildman–Crippen LogP) is -1.80. The molecule has 3 atom stereocenters. The lowest BCUT2D eigenvalue weighted by Gasteiger charge is -2.27. The van der Waals surface area contributed by atoms with Crippen LogP contribution in [0.15, 0.2) is 24.3 Å². The number of amides is 4. The molecule has 1 aromatic rings. The van der Waals surface area contributed by atoms with Gasteiger partial charge < -0.3 is 37.2 Å². The summed E-state index contributed by atoms with van der Waals surface area (Å²) in [6.07, 6.45) is 0.697. The number of nitrogens with two attached hydrogens (primary N) is 2. The summed E-state index contributed by atoms with van der Waals surface area (Å²) in [6, 6.07) is 3.06. The van der Waals surface area contributed by atoms with Gasteiger partial charge in [0.2, 0.25) is 23.6 Å². The van der Waals surface area contributed by atoms with Crippen LogP contribution in [0.25, 0.3) is 0 Å². The van der Waals surface area contributed by atoms with Crippen molar-refractivity contribution in [1.29, 1.82) is 0 Å². The number of nitrogens with zero attached hydrogens (tertiary/aromatic N) is 1. The summed E-state index contributed by atoms with van der Waals surface area (Å²) in [5, 5.41) is 23.4. The first-order valence-electron chi connectivity index (χ1n) is 10.5. The largest absolute Gasteiger partial charge is 0.508 e. The lowest BCUT2D eigenvalue weighted by Crippen LogP contribution is -2.54. The Bertz CT molecular complexity index is 889. The van der Waals surface area contributed by atoms with Crippen LogP contribution in [-0.2, 0) is 30.4 Å². The summed E-state index contributed by atoms with van der Waals surface area (Å²) in [4.78, 5) is 61.2. The van der Waals surface area contributed by atoms with E-state index in [1.54, 1.807) is 12.1 Å². The number of carbonyl (C=O) groups is 5. The van der Waals surface area contributed by atoms with E-state index in [-0.39, 0.29) is 31.6 Å². The van der Waals surface area contributed by atoms with Crippen LogP contribution in [0.2, 0.25) is 0 Å². The number of primary amides is 1. The molecule has 2 rings (SSSR count). The average molecular weight is 463 g/mol. The molecule has 0 saturated carbocycles. The van der Waals surface area contributed by atoms with Crippen LogP contribution >= 0.6 is 0 Å². The zero-order valence-electron chi connectivity index (χ0n) is 18.0. The minimum atomic E-state index is -1.16. The molecule has 0 aliphatic carbocycles. The van der Waals surface area contributed by atoms with Crippen LogP contribution in [0.4, 0.5) is 0 Å². The molecule has 0 radical (unpaired) electrons. The molecule has 0 spiro atoms. The van der Waals surface area contributed by atoms with Crippen LogP contribution in [0.5, 0.6) is 5.75 Å². The molecule has 8 N–H and O–H groups in total. The number of benzene rings is 1. The summed E-state index contributed by atoms with van der Waals surface area (Å²) >= 11 is 0. The summed E-state index contributed by atoms with van der Waals surface area (Å²) in [5.74, 6) is -3.65. The van der Waals surface area contributed by atoms with Gasteiger partial charge in [-0.25, -0.2) is 4.79 Å². The van der Waals surface area contributed by atoms with E-state index in [2.05, 4.69) is 10.6 Å². The molecule has 1 fully saturated rings. The van der Waals surface area contributed by atoms with E-state index in [0.29, 0.717) is 12.8 Å². The Balaban J connectivity index is 1.92. The third-order valence-electron chi connectivity index (χ3n) is 5.29. The molecule has 1 aromatic carbocycles. The second-order valence-electron chi connectivity index (χ2n) is 7.85. The van der Waals surface area contributed by atoms with Crippen molar-refractivity contribution in [2.45, 2.75) is 50.2 Å². The Morgan fingerprint density at radius 2 is 1.82 bits per heavy atom. The van der Waals surface area contributed by atoms with Crippen molar-refractivity contribution >= 4 is 29.6 Å². The first kappa shape index (κ1) is 25.6. The summed E-state index contributed by atoms with van der Waals surface area (Å²) in [7, 11) is 0. The fourth-order valence-corrected chi connectivity index (χ4v) is 3.55. The van der Waals surface area contributed by atoms with Crippen molar-refractivity contribution in [2.24, 2.45) is 11.5 Å². The van der Waals surface area contributed by atoms with Crippen molar-refractivity contribution in [1.82, 2.24) is 15.5 Å². The number of phenolic OH excluding ortho intramolecular Hbond substituents is 1. The molecule has 12 heteroatoms. The molecule has 1 heterocycles. The zero-order chi connectivity index (χ0) is 24.5. The van der Waals surface area contributed by atoms with Gasteiger partial charge in [-0.1, -0.05) is 12.1 Å². The molecule has 3 unspecified atom stereocenters. The second kappa shape index (κ2) is 11.8. The minimum Gasteiger partial charge on any atom is -0.508 e. The Kier molecular flexibility index (Phi) is 9.16. The number of likely N-dealkylation sites (tertiary alicyclic amines) is 1. The number of carboxylic acid groups (broad SMARTS) is 1. The Hall–Kier alpha value is -3.67. The standard InChI is InChI=1S/C21H29N5O7/c22-14(10-12-3-5-13(27)6-4-12)19(30)24-11-18(29)25-15(7-8-17(23)28)20(31)26-9-1-2-16(26)21(32)33/h3-6,14-16,27H,1-2,7-11,22H2,(H2,23,28)(H,24,30)(H,25,29)(H,32,33). The van der Waals surface area contributed by atoms with Crippen LogP contribution in [0, 0.1) is 0 Å². The highest BCUT2D eigenvalue weighted by atomic mass is 16.4. The molecule has 33 heavy (non-hydrogen) atoms. The topological polar surface area (TPSA) is 205 Å². The Morgan fingerprint density at radius 1 is 1.15 bits per heavy atom. The van der Waals surface area contributed by atoms with Crippen molar-refractivity contribution in [3.05, 3.63) is 29.8 Å². The maximum Gasteiger partial charge on any atom is 0.326 e. The van der Waals surface area contributed by atoms with Crippen LogP contribution in [-0.4, -0.2) is 75.9 Å². The summed E-state index contributed by atoms with van der Waals surface area (Å²) < 4.78 is 0. The van der Waals surface area contributed by atoms with Gasteiger partial charge >= 0.3 is 5.97 Å². The molecular formula is C21H29N5O7. The number of rotatable bonds is 11. The van der Waals surface area contributed by atoms with E-state index in [0.717, 1.165) is 5.56 Å². The lowest BCUT2D eigenvalue weighted by molar-refractivity contribution is -0.149. The number of aliphatic carboxylic acids is 1. The Labute approximate surface area is 190 Å². The normalized spacial score (nSPS) is 17.1. The van der Waals surface area contributed by atoms with Crippen molar-refractivity contribution in [3.63, 3.8) is 0 Å². The third-order valence-corrected chi connectivity index (χ3v) is 5.29. The minimum absolute atomic E-state index is 0.0810. The summed E-state index contributed by atoms with van der Waals surface area (Å²) in [5.41, 5.74) is 11.7. The molecule has 0 aromatic heterocycles. The van der Waals surface area contributed by atoms with Crippen LogP contribution < -0.4 is 22.1 Å². The van der Waals surface area contributed by atoms with Gasteiger partial charge in [0.1, 0.15) is 17.8 Å². The van der Waals surface area contributed by atoms with E-state index in [1.165, 1.54) is 17.0 Å². The number of aromatic hydroxyl groups is 1. The number of nitrogens with one attached hydrogen (secondary N) is 2. The van der Waals surface area contributed by atoms with Gasteiger partial charge in [0.05, 0.1) is 12.6 Å². The van der Waals surface area contributed by atoms with Crippen LogP contribution in [0.3, 0.4) is 0 Å². The molecule has 0 bridgehead atoms. The maximum absolute atomic E-state index is 12.9. The van der Waals surface area contributed by atoms with E-state index >= 15 is 0 Å². The number of hydrogen-bond acceptors (Lipinski definition) is 7. The molecule has 180 valence electrons. The van der Waals surface area contributed by atoms with E-state index in [1.807, 2.05) is 0 Å². The maximum atomic E-state index is 12.9. The molecule has 1 aliphatic heterocycles. The Morgan fingerprint density at radius 3 is 2.42 bits per heavy atom. The fourth-order valence-electron chi connectivity index (χ4n) is 3.55. The zero-order valence-corrected chi connectivity index (χ0v) is 18.0. The first-order valence-corrected chi connectivity index (χ1v) is 10.5. The smallest absolute Gasteiger partial charge is 0.326 e. The highest BCUT2D eigenvalue weighted by Crippen LogP contribution is 2.19. The number of carboxylic acids is 1. The molecule has 1 aliphatic rings. The van der Waals surface area contributed by atoms with Gasteiger partial charge in [0, 0.05) is 13.0 Å². The van der Waals surface area contributed by atoms with Gasteiger partial charge in [-0.05, 0) is 43.4 Å². The number of hydrogen-bond donors (Lipinski definition) is 6. The summed E-state index contributed by atoms with van der Waals surface area (Å²) in [6.45, 7) is -0.244. The number of carbonyl (C=O) groups excluding carboxylic acids is 4. The monoisotopic (exact) mass is 463 g/mol. The fraction of sp³-hybridized carbons (Fsp3) is 0.476. The van der Waals surface area contributed by atoms with Crippen molar-refractivity contribution in [2.75, 3.05) is 13.1 Å². The SMILES string of the molecule is NC(=O)CCC(NC(=O)CNC(=O)C(N)Cc1ccc(O)cc1)C(=O)N1CCCC1C(=O)O. The molecular weight excluding hydrogens is 434 g/mol. The quantitative estimate of drug-likeness (QED) is 0.220. The van der Waals surface area contributed by atoms with Crippen LogP contribution in [0.1, 0.15) is 31.2 Å². The molecule has 12 nitrogen and oxygen atoms in total. The molecule has 4 amide bonds.